The summed E-state index contributed by atoms with van der Waals surface area (Å²) < 4.78 is 4.59. The van der Waals surface area contributed by atoms with E-state index in [9.17, 15) is 14.4 Å². The summed E-state index contributed by atoms with van der Waals surface area (Å²) in [6, 6.07) is 4.43. The Labute approximate surface area is 141 Å². The van der Waals surface area contributed by atoms with Crippen LogP contribution in [-0.2, 0) is 19.1 Å². The van der Waals surface area contributed by atoms with Crippen LogP contribution in [0.4, 0.5) is 5.69 Å². The number of hydrogen-bond acceptors (Lipinski definition) is 6. The molecule has 2 aliphatic rings. The second-order valence-electron chi connectivity index (χ2n) is 5.11. The molecular formula is C14H11Cl2N3O4. The van der Waals surface area contributed by atoms with Gasteiger partial charge in [-0.3, -0.25) is 9.59 Å². The van der Waals surface area contributed by atoms with Crippen LogP contribution in [0.25, 0.3) is 0 Å². The van der Waals surface area contributed by atoms with Crippen LogP contribution in [0.1, 0.15) is 6.42 Å². The summed E-state index contributed by atoms with van der Waals surface area (Å²) in [5.74, 6) is -1.61. The number of amides is 2. The van der Waals surface area contributed by atoms with Gasteiger partial charge in [0, 0.05) is 10.0 Å². The number of imide groups is 1. The molecule has 2 amide bonds. The zero-order valence-corrected chi connectivity index (χ0v) is 13.4. The Kier molecular flexibility index (Phi) is 3.79. The van der Waals surface area contributed by atoms with Crippen LogP contribution in [-0.4, -0.2) is 30.4 Å². The lowest BCUT2D eigenvalue weighted by atomic mass is 9.98. The number of carbonyl (C=O) groups is 3. The molecule has 2 N–H and O–H groups in total. The van der Waals surface area contributed by atoms with Gasteiger partial charge in [0.25, 0.3) is 5.91 Å². The third-order valence-corrected chi connectivity index (χ3v) is 4.02. The SMILES string of the molecule is COC(=O)C1=C[C@@]2(CC(=O)N(c3cc(Cl)cc(Cl)c3)C2=O)NN1. The number of esters is 1. The number of hydrogen-bond donors (Lipinski definition) is 2. The maximum Gasteiger partial charge on any atom is 0.355 e. The Bertz CT molecular complexity index is 744. The lowest BCUT2D eigenvalue weighted by Crippen LogP contribution is -2.51. The van der Waals surface area contributed by atoms with Crippen molar-refractivity contribution >= 4 is 46.7 Å². The minimum Gasteiger partial charge on any atom is -0.464 e. The van der Waals surface area contributed by atoms with Gasteiger partial charge in [0.2, 0.25) is 5.91 Å². The number of methoxy groups -OCH3 is 1. The summed E-state index contributed by atoms with van der Waals surface area (Å²) in [6.07, 6.45) is 1.20. The van der Waals surface area contributed by atoms with Crippen molar-refractivity contribution in [2.24, 2.45) is 0 Å². The maximum atomic E-state index is 12.7. The van der Waals surface area contributed by atoms with E-state index in [1.54, 1.807) is 0 Å². The molecule has 1 aromatic carbocycles. The van der Waals surface area contributed by atoms with Crippen LogP contribution in [0.2, 0.25) is 10.0 Å². The van der Waals surface area contributed by atoms with E-state index in [1.165, 1.54) is 31.4 Å². The number of benzene rings is 1. The molecule has 0 unspecified atom stereocenters. The van der Waals surface area contributed by atoms with Gasteiger partial charge < -0.3 is 10.2 Å². The summed E-state index contributed by atoms with van der Waals surface area (Å²) in [4.78, 5) is 37.6. The molecule has 0 saturated carbocycles. The van der Waals surface area contributed by atoms with Gasteiger partial charge >= 0.3 is 5.97 Å². The highest BCUT2D eigenvalue weighted by atomic mass is 35.5. The second-order valence-corrected chi connectivity index (χ2v) is 5.98. The standard InChI is InChI=1S/C14H11Cl2N3O4/c1-23-12(21)10-5-14(18-17-10)6-11(20)19(13(14)22)9-3-7(15)2-8(16)4-9/h2-5,17-18H,6H2,1H3/t14-/m0/s1. The van der Waals surface area contributed by atoms with Gasteiger partial charge in [-0.15, -0.1) is 0 Å². The molecule has 1 aromatic rings. The second kappa shape index (κ2) is 5.52. The van der Waals surface area contributed by atoms with Crippen molar-refractivity contribution in [2.75, 3.05) is 12.0 Å². The van der Waals surface area contributed by atoms with Crippen LogP contribution in [0, 0.1) is 0 Å². The number of halogens is 2. The van der Waals surface area contributed by atoms with Crippen molar-refractivity contribution in [2.45, 2.75) is 12.0 Å². The van der Waals surface area contributed by atoms with Crippen molar-refractivity contribution in [3.63, 3.8) is 0 Å². The van der Waals surface area contributed by atoms with E-state index in [2.05, 4.69) is 15.6 Å². The molecule has 1 spiro atoms. The van der Waals surface area contributed by atoms with Gasteiger partial charge in [-0.05, 0) is 24.3 Å². The molecule has 9 heteroatoms. The van der Waals surface area contributed by atoms with Crippen LogP contribution in [0.15, 0.2) is 30.0 Å². The summed E-state index contributed by atoms with van der Waals surface area (Å²) in [6.45, 7) is 0. The third-order valence-electron chi connectivity index (χ3n) is 3.59. The number of rotatable bonds is 2. The van der Waals surface area contributed by atoms with E-state index < -0.39 is 23.3 Å². The van der Waals surface area contributed by atoms with Crippen molar-refractivity contribution < 1.29 is 19.1 Å². The van der Waals surface area contributed by atoms with E-state index in [0.29, 0.717) is 10.0 Å². The predicted octanol–water partition coefficient (Wildman–Crippen LogP) is 1.16. The molecule has 7 nitrogen and oxygen atoms in total. The zero-order valence-electron chi connectivity index (χ0n) is 11.9. The minimum absolute atomic E-state index is 0.0691. The quantitative estimate of drug-likeness (QED) is 0.611. The highest BCUT2D eigenvalue weighted by Crippen LogP contribution is 2.35. The number of nitrogens with zero attached hydrogens (tertiary/aromatic N) is 1. The number of anilines is 1. The van der Waals surface area contributed by atoms with Crippen LogP contribution in [0.5, 0.6) is 0 Å². The van der Waals surface area contributed by atoms with Gasteiger partial charge in [-0.25, -0.2) is 15.1 Å². The predicted molar refractivity (Wildman–Crippen MR) is 82.7 cm³/mol. The molecule has 1 fully saturated rings. The molecule has 2 aliphatic heterocycles. The summed E-state index contributed by atoms with van der Waals surface area (Å²) in [7, 11) is 1.22. The fourth-order valence-electron chi connectivity index (χ4n) is 2.56. The molecule has 3 rings (SSSR count). The smallest absolute Gasteiger partial charge is 0.355 e. The Morgan fingerprint density at radius 3 is 2.52 bits per heavy atom. The van der Waals surface area contributed by atoms with E-state index >= 15 is 0 Å². The Morgan fingerprint density at radius 2 is 1.91 bits per heavy atom. The molecule has 1 atom stereocenters. The summed E-state index contributed by atoms with van der Waals surface area (Å²) >= 11 is 11.8. The first kappa shape index (κ1) is 15.8. The highest BCUT2D eigenvalue weighted by Gasteiger charge is 2.54. The maximum absolute atomic E-state index is 12.7. The topological polar surface area (TPSA) is 87.7 Å². The normalized spacial score (nSPS) is 23.3. The monoisotopic (exact) mass is 355 g/mol. The molecule has 2 heterocycles. The molecule has 0 aromatic heterocycles. The average Bonchev–Trinajstić information content (AvgIpc) is 3.00. The first-order valence-corrected chi connectivity index (χ1v) is 7.30. The van der Waals surface area contributed by atoms with E-state index in [4.69, 9.17) is 23.2 Å². The lowest BCUT2D eigenvalue weighted by molar-refractivity contribution is -0.136. The molecule has 0 bridgehead atoms. The Balaban J connectivity index is 1.98. The average molecular weight is 356 g/mol. The van der Waals surface area contributed by atoms with Crippen molar-refractivity contribution in [3.8, 4) is 0 Å². The van der Waals surface area contributed by atoms with Crippen molar-refractivity contribution in [1.82, 2.24) is 10.9 Å². The van der Waals surface area contributed by atoms with Crippen LogP contribution in [0.3, 0.4) is 0 Å². The van der Waals surface area contributed by atoms with Crippen molar-refractivity contribution in [1.29, 1.82) is 0 Å². The number of carbonyl (C=O) groups excluding carboxylic acids is 3. The molecule has 0 radical (unpaired) electrons. The molecule has 120 valence electrons. The molecule has 1 saturated heterocycles. The van der Waals surface area contributed by atoms with Gasteiger partial charge in [-0.2, -0.15) is 0 Å². The number of ether oxygens (including phenoxy) is 1. The van der Waals surface area contributed by atoms with Crippen LogP contribution < -0.4 is 15.8 Å². The molecule has 0 aliphatic carbocycles. The lowest BCUT2D eigenvalue weighted by Gasteiger charge is -2.20. The fraction of sp³-hybridized carbons (Fsp3) is 0.214. The van der Waals surface area contributed by atoms with Crippen LogP contribution >= 0.6 is 23.2 Å². The van der Waals surface area contributed by atoms with E-state index in [0.717, 1.165) is 4.90 Å². The van der Waals surface area contributed by atoms with Gasteiger partial charge in [-0.1, -0.05) is 23.2 Å². The summed E-state index contributed by atoms with van der Waals surface area (Å²) in [5, 5.41) is 0.606. The largest absolute Gasteiger partial charge is 0.464 e. The van der Waals surface area contributed by atoms with Crippen molar-refractivity contribution in [3.05, 3.63) is 40.0 Å². The van der Waals surface area contributed by atoms with Gasteiger partial charge in [0.1, 0.15) is 11.2 Å². The number of hydrazine groups is 1. The first-order chi connectivity index (χ1) is 10.9. The molecular weight excluding hydrogens is 345 g/mol. The minimum atomic E-state index is -1.34. The zero-order chi connectivity index (χ0) is 16.8. The first-order valence-electron chi connectivity index (χ1n) is 6.54. The summed E-state index contributed by atoms with van der Waals surface area (Å²) in [5.41, 5.74) is 4.26. The van der Waals surface area contributed by atoms with E-state index in [1.807, 2.05) is 0 Å². The van der Waals surface area contributed by atoms with Gasteiger partial charge in [0.15, 0.2) is 0 Å². The fourth-order valence-corrected chi connectivity index (χ4v) is 3.08. The number of nitrogens with one attached hydrogen (secondary N) is 2. The highest BCUT2D eigenvalue weighted by molar-refractivity contribution is 6.36. The Hall–Kier alpha value is -2.09. The molecule has 23 heavy (non-hydrogen) atoms. The third kappa shape index (κ3) is 2.56. The van der Waals surface area contributed by atoms with E-state index in [-0.39, 0.29) is 17.8 Å². The van der Waals surface area contributed by atoms with Gasteiger partial charge in [0.05, 0.1) is 19.2 Å². The Morgan fingerprint density at radius 1 is 1.26 bits per heavy atom.